The Balaban J connectivity index is 2.20. The molecular formula is C11H22N2O2S. The van der Waals surface area contributed by atoms with Gasteiger partial charge in [0.05, 0.1) is 6.54 Å². The number of amides is 1. The molecule has 1 rings (SSSR count). The van der Waals surface area contributed by atoms with Gasteiger partial charge in [-0.1, -0.05) is 0 Å². The number of carbonyl (C=O) groups is 1. The molecule has 94 valence electrons. The molecule has 0 aromatic heterocycles. The van der Waals surface area contributed by atoms with Crippen molar-refractivity contribution in [3.05, 3.63) is 0 Å². The fourth-order valence-corrected chi connectivity index (χ4v) is 2.75. The molecule has 0 aromatic rings. The summed E-state index contributed by atoms with van der Waals surface area (Å²) in [6.07, 6.45) is 5.17. The molecule has 2 atom stereocenters. The van der Waals surface area contributed by atoms with E-state index in [1.807, 2.05) is 11.8 Å². The molecule has 2 unspecified atom stereocenters. The number of likely N-dealkylation sites (tertiary alicyclic amines) is 1. The van der Waals surface area contributed by atoms with Gasteiger partial charge in [-0.05, 0) is 26.2 Å². The number of hydrogen-bond donors (Lipinski definition) is 1. The topological polar surface area (TPSA) is 49.4 Å². The monoisotopic (exact) mass is 246 g/mol. The number of hydrogen-bond acceptors (Lipinski definition) is 3. The summed E-state index contributed by atoms with van der Waals surface area (Å²) in [4.78, 5) is 13.7. The SMILES string of the molecule is CC(CS(C)=O)NCC(=O)N1CCCCC1. The van der Waals surface area contributed by atoms with Crippen LogP contribution >= 0.6 is 0 Å². The van der Waals surface area contributed by atoms with Crippen LogP contribution in [-0.2, 0) is 15.6 Å². The Labute approximate surface area is 100 Å². The first-order valence-corrected chi connectivity index (χ1v) is 7.63. The largest absolute Gasteiger partial charge is 0.342 e. The average molecular weight is 246 g/mol. The van der Waals surface area contributed by atoms with Crippen LogP contribution in [0.4, 0.5) is 0 Å². The van der Waals surface area contributed by atoms with Gasteiger partial charge >= 0.3 is 0 Å². The van der Waals surface area contributed by atoms with E-state index in [0.717, 1.165) is 25.9 Å². The summed E-state index contributed by atoms with van der Waals surface area (Å²) >= 11 is 0. The predicted molar refractivity (Wildman–Crippen MR) is 66.8 cm³/mol. The van der Waals surface area contributed by atoms with Gasteiger partial charge in [0.15, 0.2) is 0 Å². The molecule has 0 spiro atoms. The zero-order chi connectivity index (χ0) is 12.0. The molecular weight excluding hydrogens is 224 g/mol. The molecule has 16 heavy (non-hydrogen) atoms. The Hall–Kier alpha value is -0.420. The van der Waals surface area contributed by atoms with Crippen molar-refractivity contribution in [3.8, 4) is 0 Å². The quantitative estimate of drug-likeness (QED) is 0.762. The van der Waals surface area contributed by atoms with E-state index in [0.29, 0.717) is 12.3 Å². The lowest BCUT2D eigenvalue weighted by Crippen LogP contribution is -2.44. The van der Waals surface area contributed by atoms with Gasteiger partial charge in [-0.2, -0.15) is 0 Å². The molecule has 1 amide bonds. The maximum absolute atomic E-state index is 11.8. The van der Waals surface area contributed by atoms with Crippen LogP contribution < -0.4 is 5.32 Å². The third-order valence-corrected chi connectivity index (χ3v) is 3.76. The van der Waals surface area contributed by atoms with Gasteiger partial charge in [-0.15, -0.1) is 0 Å². The highest BCUT2D eigenvalue weighted by Crippen LogP contribution is 2.08. The highest BCUT2D eigenvalue weighted by molar-refractivity contribution is 7.84. The first kappa shape index (κ1) is 13.6. The lowest BCUT2D eigenvalue weighted by atomic mass is 10.1. The van der Waals surface area contributed by atoms with Gasteiger partial charge in [-0.25, -0.2) is 0 Å². The lowest BCUT2D eigenvalue weighted by Gasteiger charge is -2.27. The van der Waals surface area contributed by atoms with Crippen molar-refractivity contribution >= 4 is 16.7 Å². The number of piperidine rings is 1. The minimum absolute atomic E-state index is 0.138. The molecule has 0 aromatic carbocycles. The van der Waals surface area contributed by atoms with Crippen LogP contribution in [0.3, 0.4) is 0 Å². The Bertz CT molecular complexity index is 252. The van der Waals surface area contributed by atoms with E-state index in [9.17, 15) is 9.00 Å². The van der Waals surface area contributed by atoms with Crippen LogP contribution in [0.15, 0.2) is 0 Å². The zero-order valence-electron chi connectivity index (χ0n) is 10.2. The standard InChI is InChI=1S/C11H22N2O2S/c1-10(9-16(2)15)12-8-11(14)13-6-4-3-5-7-13/h10,12H,3-9H2,1-2H3. The highest BCUT2D eigenvalue weighted by Gasteiger charge is 2.16. The smallest absolute Gasteiger partial charge is 0.236 e. The minimum Gasteiger partial charge on any atom is -0.342 e. The van der Waals surface area contributed by atoms with Crippen molar-refractivity contribution in [2.45, 2.75) is 32.2 Å². The van der Waals surface area contributed by atoms with E-state index in [-0.39, 0.29) is 11.9 Å². The second kappa shape index (κ2) is 7.01. The van der Waals surface area contributed by atoms with E-state index in [4.69, 9.17) is 0 Å². The molecule has 5 heteroatoms. The normalized spacial score (nSPS) is 20.5. The van der Waals surface area contributed by atoms with E-state index < -0.39 is 10.8 Å². The third-order valence-electron chi connectivity index (χ3n) is 2.80. The maximum atomic E-state index is 11.8. The van der Waals surface area contributed by atoms with E-state index in [1.165, 1.54) is 6.42 Å². The van der Waals surface area contributed by atoms with Gasteiger partial charge in [-0.3, -0.25) is 9.00 Å². The lowest BCUT2D eigenvalue weighted by molar-refractivity contribution is -0.131. The van der Waals surface area contributed by atoms with Gasteiger partial charge in [0.1, 0.15) is 0 Å². The second-order valence-electron chi connectivity index (χ2n) is 4.46. The Morgan fingerprint density at radius 2 is 2.00 bits per heavy atom. The second-order valence-corrected chi connectivity index (χ2v) is 5.94. The summed E-state index contributed by atoms with van der Waals surface area (Å²) in [5.41, 5.74) is 0. The average Bonchev–Trinajstić information content (AvgIpc) is 2.26. The number of carbonyl (C=O) groups excluding carboxylic acids is 1. The van der Waals surface area contributed by atoms with Crippen molar-refractivity contribution in [3.63, 3.8) is 0 Å². The molecule has 1 aliphatic rings. The zero-order valence-corrected chi connectivity index (χ0v) is 11.0. The summed E-state index contributed by atoms with van der Waals surface area (Å²) in [5.74, 6) is 0.779. The summed E-state index contributed by atoms with van der Waals surface area (Å²) in [6, 6.07) is 0.138. The summed E-state index contributed by atoms with van der Waals surface area (Å²) in [6.45, 7) is 4.13. The van der Waals surface area contributed by atoms with Crippen LogP contribution in [-0.4, -0.2) is 52.7 Å². The van der Waals surface area contributed by atoms with Crippen LogP contribution in [0.5, 0.6) is 0 Å². The fraction of sp³-hybridized carbons (Fsp3) is 0.909. The van der Waals surface area contributed by atoms with Crippen LogP contribution in [0, 0.1) is 0 Å². The molecule has 0 bridgehead atoms. The van der Waals surface area contributed by atoms with Gasteiger partial charge < -0.3 is 10.2 Å². The van der Waals surface area contributed by atoms with Gasteiger partial charge in [0.25, 0.3) is 0 Å². The third kappa shape index (κ3) is 5.07. The van der Waals surface area contributed by atoms with Crippen molar-refractivity contribution in [2.75, 3.05) is 31.6 Å². The molecule has 0 saturated carbocycles. The number of nitrogens with one attached hydrogen (secondary N) is 1. The van der Waals surface area contributed by atoms with E-state index in [2.05, 4.69) is 5.32 Å². The van der Waals surface area contributed by atoms with Crippen molar-refractivity contribution < 1.29 is 9.00 Å². The van der Waals surface area contributed by atoms with Crippen LogP contribution in [0.25, 0.3) is 0 Å². The first-order chi connectivity index (χ1) is 7.59. The molecule has 1 fully saturated rings. The molecule has 1 saturated heterocycles. The Morgan fingerprint density at radius 1 is 1.38 bits per heavy atom. The summed E-state index contributed by atoms with van der Waals surface area (Å²) in [5, 5.41) is 3.13. The highest BCUT2D eigenvalue weighted by atomic mass is 32.2. The van der Waals surface area contributed by atoms with Crippen molar-refractivity contribution in [2.24, 2.45) is 0 Å². The fourth-order valence-electron chi connectivity index (χ4n) is 1.93. The van der Waals surface area contributed by atoms with Gasteiger partial charge in [0.2, 0.25) is 5.91 Å². The number of nitrogens with zero attached hydrogens (tertiary/aromatic N) is 1. The first-order valence-electron chi connectivity index (χ1n) is 5.91. The summed E-state index contributed by atoms with van der Waals surface area (Å²) < 4.78 is 11.0. The Kier molecular flexibility index (Phi) is 5.98. The molecule has 0 aliphatic carbocycles. The van der Waals surface area contributed by atoms with E-state index in [1.54, 1.807) is 6.26 Å². The van der Waals surface area contributed by atoms with Gasteiger partial charge in [0, 0.05) is 41.9 Å². The van der Waals surface area contributed by atoms with Crippen molar-refractivity contribution in [1.29, 1.82) is 0 Å². The molecule has 0 radical (unpaired) electrons. The van der Waals surface area contributed by atoms with Crippen molar-refractivity contribution in [1.82, 2.24) is 10.2 Å². The molecule has 1 aliphatic heterocycles. The molecule has 1 heterocycles. The minimum atomic E-state index is -0.802. The van der Waals surface area contributed by atoms with Crippen LogP contribution in [0.2, 0.25) is 0 Å². The summed E-state index contributed by atoms with van der Waals surface area (Å²) in [7, 11) is -0.802. The van der Waals surface area contributed by atoms with E-state index >= 15 is 0 Å². The maximum Gasteiger partial charge on any atom is 0.236 e. The Morgan fingerprint density at radius 3 is 2.56 bits per heavy atom. The predicted octanol–water partition coefficient (Wildman–Crippen LogP) is 0.356. The number of rotatable bonds is 5. The molecule has 1 N–H and O–H groups in total. The molecule has 4 nitrogen and oxygen atoms in total. The van der Waals surface area contributed by atoms with Crippen LogP contribution in [0.1, 0.15) is 26.2 Å².